The number of aromatic nitrogens is 1. The van der Waals surface area contributed by atoms with Crippen LogP contribution < -0.4 is 0 Å². The van der Waals surface area contributed by atoms with Crippen molar-refractivity contribution < 1.29 is 19.1 Å². The average molecular weight is 375 g/mol. The summed E-state index contributed by atoms with van der Waals surface area (Å²) in [6.07, 6.45) is 4.69. The summed E-state index contributed by atoms with van der Waals surface area (Å²) in [5.41, 5.74) is 0.837. The minimum Gasteiger partial charge on any atom is -0.347 e. The van der Waals surface area contributed by atoms with Gasteiger partial charge in [0.2, 0.25) is 0 Å². The molecule has 2 amide bonds. The molecule has 7 heteroatoms. The molecule has 27 heavy (non-hydrogen) atoms. The van der Waals surface area contributed by atoms with E-state index in [1.807, 2.05) is 13.8 Å². The van der Waals surface area contributed by atoms with E-state index in [1.165, 1.54) is 0 Å². The van der Waals surface area contributed by atoms with Crippen LogP contribution in [0.3, 0.4) is 0 Å². The number of likely N-dealkylation sites (tertiary alicyclic amines) is 1. The summed E-state index contributed by atoms with van der Waals surface area (Å²) in [6, 6.07) is 3.30. The molecular formula is C20H29N3O4. The maximum absolute atomic E-state index is 12.9. The third-order valence-corrected chi connectivity index (χ3v) is 5.13. The highest BCUT2D eigenvalue weighted by atomic mass is 16.7. The number of nitrogens with zero attached hydrogens (tertiary/aromatic N) is 3. The molecule has 0 unspecified atom stereocenters. The fourth-order valence-corrected chi connectivity index (χ4v) is 3.72. The minimum absolute atomic E-state index is 0.0724. The van der Waals surface area contributed by atoms with Crippen molar-refractivity contribution in [1.82, 2.24) is 14.8 Å². The predicted molar refractivity (Wildman–Crippen MR) is 100 cm³/mol. The third kappa shape index (κ3) is 4.47. The molecule has 2 saturated heterocycles. The molecular weight excluding hydrogens is 346 g/mol. The van der Waals surface area contributed by atoms with E-state index in [0.29, 0.717) is 63.5 Å². The quantitative estimate of drug-likeness (QED) is 0.763. The Morgan fingerprint density at radius 2 is 1.78 bits per heavy atom. The van der Waals surface area contributed by atoms with Gasteiger partial charge in [0.05, 0.1) is 13.2 Å². The van der Waals surface area contributed by atoms with E-state index in [0.717, 1.165) is 12.8 Å². The molecule has 1 aromatic rings. The smallest absolute Gasteiger partial charge is 0.272 e. The Bertz CT molecular complexity index is 657. The minimum atomic E-state index is -0.503. The number of amides is 2. The van der Waals surface area contributed by atoms with Gasteiger partial charge in [-0.3, -0.25) is 14.6 Å². The summed E-state index contributed by atoms with van der Waals surface area (Å²) in [7, 11) is 0. The van der Waals surface area contributed by atoms with Gasteiger partial charge in [-0.05, 0) is 25.0 Å². The topological polar surface area (TPSA) is 72.0 Å². The number of hydrogen-bond donors (Lipinski definition) is 0. The molecule has 2 aliphatic rings. The third-order valence-electron chi connectivity index (χ3n) is 5.13. The van der Waals surface area contributed by atoms with Gasteiger partial charge in [-0.25, -0.2) is 0 Å². The molecule has 0 atom stereocenters. The van der Waals surface area contributed by atoms with E-state index >= 15 is 0 Å². The van der Waals surface area contributed by atoms with Crippen LogP contribution in [0.1, 0.15) is 60.4 Å². The molecule has 0 bridgehead atoms. The molecule has 148 valence electrons. The molecule has 0 aromatic carbocycles. The highest BCUT2D eigenvalue weighted by molar-refractivity contribution is 5.98. The van der Waals surface area contributed by atoms with Gasteiger partial charge in [0, 0.05) is 50.8 Å². The molecule has 7 nitrogen and oxygen atoms in total. The monoisotopic (exact) mass is 375 g/mol. The maximum atomic E-state index is 12.9. The van der Waals surface area contributed by atoms with E-state index in [2.05, 4.69) is 4.98 Å². The zero-order chi connectivity index (χ0) is 19.3. The first-order valence-electron chi connectivity index (χ1n) is 9.91. The van der Waals surface area contributed by atoms with Crippen LogP contribution in [0.25, 0.3) is 0 Å². The number of ether oxygens (including phenoxy) is 2. The first-order valence-corrected chi connectivity index (χ1v) is 9.91. The average Bonchev–Trinajstić information content (AvgIpc) is 3.15. The van der Waals surface area contributed by atoms with Crippen molar-refractivity contribution in [3.63, 3.8) is 0 Å². The lowest BCUT2D eigenvalue weighted by Crippen LogP contribution is -2.47. The van der Waals surface area contributed by atoms with Crippen LogP contribution in [0, 0.1) is 0 Å². The molecule has 2 aliphatic heterocycles. The van der Waals surface area contributed by atoms with Gasteiger partial charge >= 0.3 is 0 Å². The van der Waals surface area contributed by atoms with Gasteiger partial charge in [0.15, 0.2) is 5.79 Å². The molecule has 1 spiro atoms. The molecule has 2 fully saturated rings. The molecule has 3 rings (SSSR count). The first-order chi connectivity index (χ1) is 13.1. The summed E-state index contributed by atoms with van der Waals surface area (Å²) >= 11 is 0. The Kier molecular flexibility index (Phi) is 6.44. The highest BCUT2D eigenvalue weighted by Crippen LogP contribution is 2.31. The van der Waals surface area contributed by atoms with E-state index in [4.69, 9.17) is 9.47 Å². The SMILES string of the molecule is CCCN(CCC)C(=O)c1cc(C(=O)N2CCC3(CC2)OCCO3)ccn1. The Labute approximate surface area is 160 Å². The van der Waals surface area contributed by atoms with Crippen LogP contribution >= 0.6 is 0 Å². The second-order valence-electron chi connectivity index (χ2n) is 7.12. The van der Waals surface area contributed by atoms with E-state index in [9.17, 15) is 9.59 Å². The lowest BCUT2D eigenvalue weighted by atomic mass is 10.0. The number of piperidine rings is 1. The van der Waals surface area contributed by atoms with Crippen LogP contribution in [0.2, 0.25) is 0 Å². The van der Waals surface area contributed by atoms with Crippen LogP contribution in [0.5, 0.6) is 0 Å². The van der Waals surface area contributed by atoms with Crippen LogP contribution in [0.15, 0.2) is 18.3 Å². The van der Waals surface area contributed by atoms with Crippen molar-refractivity contribution in [2.45, 2.75) is 45.3 Å². The second kappa shape index (κ2) is 8.80. The summed E-state index contributed by atoms with van der Waals surface area (Å²) in [5.74, 6) is -0.688. The van der Waals surface area contributed by atoms with Crippen molar-refractivity contribution in [1.29, 1.82) is 0 Å². The Morgan fingerprint density at radius 1 is 1.15 bits per heavy atom. The van der Waals surface area contributed by atoms with Crippen molar-refractivity contribution in [3.05, 3.63) is 29.6 Å². The summed E-state index contributed by atoms with van der Waals surface area (Å²) < 4.78 is 11.4. The summed E-state index contributed by atoms with van der Waals surface area (Å²) in [6.45, 7) is 7.89. The summed E-state index contributed by atoms with van der Waals surface area (Å²) in [5, 5.41) is 0. The van der Waals surface area contributed by atoms with Gasteiger partial charge in [-0.2, -0.15) is 0 Å². The fourth-order valence-electron chi connectivity index (χ4n) is 3.72. The van der Waals surface area contributed by atoms with Crippen molar-refractivity contribution in [2.24, 2.45) is 0 Å². The zero-order valence-corrected chi connectivity index (χ0v) is 16.3. The first kappa shape index (κ1) is 19.8. The van der Waals surface area contributed by atoms with Crippen LogP contribution in [-0.2, 0) is 9.47 Å². The van der Waals surface area contributed by atoms with Crippen LogP contribution in [-0.4, -0.2) is 71.8 Å². The lowest BCUT2D eigenvalue weighted by molar-refractivity contribution is -0.181. The van der Waals surface area contributed by atoms with Gasteiger partial charge in [-0.1, -0.05) is 13.8 Å². The van der Waals surface area contributed by atoms with Gasteiger partial charge in [-0.15, -0.1) is 0 Å². The van der Waals surface area contributed by atoms with E-state index in [1.54, 1.807) is 28.1 Å². The van der Waals surface area contributed by atoms with E-state index in [-0.39, 0.29) is 11.8 Å². The van der Waals surface area contributed by atoms with Gasteiger partial charge < -0.3 is 19.3 Å². The zero-order valence-electron chi connectivity index (χ0n) is 16.3. The highest BCUT2D eigenvalue weighted by Gasteiger charge is 2.40. The van der Waals surface area contributed by atoms with Gasteiger partial charge in [0.1, 0.15) is 5.69 Å². The van der Waals surface area contributed by atoms with Crippen molar-refractivity contribution in [2.75, 3.05) is 39.4 Å². The largest absolute Gasteiger partial charge is 0.347 e. The Hall–Kier alpha value is -1.99. The number of hydrogen-bond acceptors (Lipinski definition) is 5. The van der Waals surface area contributed by atoms with Crippen molar-refractivity contribution in [3.8, 4) is 0 Å². The fraction of sp³-hybridized carbons (Fsp3) is 0.650. The van der Waals surface area contributed by atoms with Crippen molar-refractivity contribution >= 4 is 11.8 Å². The number of rotatable bonds is 6. The molecule has 0 aliphatic carbocycles. The van der Waals surface area contributed by atoms with Gasteiger partial charge in [0.25, 0.3) is 11.8 Å². The molecule has 3 heterocycles. The standard InChI is InChI=1S/C20H29N3O4/c1-3-9-22(10-4-2)19(25)17-15-16(5-8-21-17)18(24)23-11-6-20(7-12-23)26-13-14-27-20/h5,8,15H,3-4,6-7,9-14H2,1-2H3. The van der Waals surface area contributed by atoms with Crippen LogP contribution in [0.4, 0.5) is 0 Å². The lowest BCUT2D eigenvalue weighted by Gasteiger charge is -2.37. The molecule has 1 aromatic heterocycles. The molecule has 0 radical (unpaired) electrons. The number of carbonyl (C=O) groups is 2. The maximum Gasteiger partial charge on any atom is 0.272 e. The normalized spacial score (nSPS) is 18.7. The second-order valence-corrected chi connectivity index (χ2v) is 7.12. The predicted octanol–water partition coefficient (Wildman–Crippen LogP) is 2.32. The summed E-state index contributed by atoms with van der Waals surface area (Å²) in [4.78, 5) is 33.5. The molecule has 0 N–H and O–H groups in total. The molecule has 0 saturated carbocycles. The Morgan fingerprint density at radius 3 is 2.37 bits per heavy atom. The number of pyridine rings is 1. The van der Waals surface area contributed by atoms with E-state index < -0.39 is 5.79 Å². The number of carbonyl (C=O) groups excluding carboxylic acids is 2. The Balaban J connectivity index is 1.67.